The van der Waals surface area contributed by atoms with Crippen molar-refractivity contribution in [3.8, 4) is 0 Å². The number of piperazine rings is 1. The molecule has 6 nitrogen and oxygen atoms in total. The minimum absolute atomic E-state index is 0.189. The number of H-pyrrole nitrogens is 1. The predicted molar refractivity (Wildman–Crippen MR) is 72.3 cm³/mol. The number of alkyl halides is 1. The standard InChI is InChI=1S/C10H17BrN4O2S/c1-9-12-8-10(13-9)18(16,17)15-6-4-14(3-2-11)5-7-15/h8H,2-7H2,1H3,(H,12,13). The smallest absolute Gasteiger partial charge is 0.260 e. The predicted octanol–water partition coefficient (Wildman–Crippen LogP) is 0.419. The molecule has 2 heterocycles. The molecule has 0 bridgehead atoms. The van der Waals surface area contributed by atoms with Crippen molar-refractivity contribution in [1.29, 1.82) is 0 Å². The number of hydrogen-bond donors (Lipinski definition) is 1. The second-order valence-corrected chi connectivity index (χ2v) is 6.97. The van der Waals surface area contributed by atoms with Gasteiger partial charge in [0.25, 0.3) is 10.0 Å². The fraction of sp³-hybridized carbons (Fsp3) is 0.700. The summed E-state index contributed by atoms with van der Waals surface area (Å²) in [5, 5.41) is 1.10. The highest BCUT2D eigenvalue weighted by molar-refractivity contribution is 9.09. The second kappa shape index (κ2) is 5.68. The molecule has 0 amide bonds. The van der Waals surface area contributed by atoms with Gasteiger partial charge in [0.15, 0.2) is 5.03 Å². The maximum Gasteiger partial charge on any atom is 0.260 e. The van der Waals surface area contributed by atoms with Crippen LogP contribution in [-0.4, -0.2) is 65.6 Å². The fourth-order valence-corrected chi connectivity index (χ4v) is 3.87. The van der Waals surface area contributed by atoms with Crippen LogP contribution in [0.5, 0.6) is 0 Å². The average molecular weight is 337 g/mol. The Kier molecular flexibility index (Phi) is 4.41. The van der Waals surface area contributed by atoms with Crippen LogP contribution in [-0.2, 0) is 10.0 Å². The van der Waals surface area contributed by atoms with Crippen LogP contribution in [0, 0.1) is 6.92 Å². The molecule has 2 rings (SSSR count). The molecule has 0 spiro atoms. The van der Waals surface area contributed by atoms with Crippen molar-refractivity contribution in [3.05, 3.63) is 12.0 Å². The first-order chi connectivity index (χ1) is 8.54. The number of nitrogens with zero attached hydrogens (tertiary/aromatic N) is 3. The van der Waals surface area contributed by atoms with Crippen molar-refractivity contribution in [3.63, 3.8) is 0 Å². The van der Waals surface area contributed by atoms with Crippen molar-refractivity contribution in [1.82, 2.24) is 19.2 Å². The van der Waals surface area contributed by atoms with Gasteiger partial charge < -0.3 is 4.98 Å². The number of imidazole rings is 1. The van der Waals surface area contributed by atoms with Gasteiger partial charge in [0.1, 0.15) is 5.82 Å². The molecule has 18 heavy (non-hydrogen) atoms. The lowest BCUT2D eigenvalue weighted by molar-refractivity contribution is 0.198. The molecule has 0 saturated carbocycles. The number of sulfonamides is 1. The van der Waals surface area contributed by atoms with Gasteiger partial charge in [-0.25, -0.2) is 13.4 Å². The summed E-state index contributed by atoms with van der Waals surface area (Å²) in [6.07, 6.45) is 1.38. The molecule has 0 radical (unpaired) electrons. The van der Waals surface area contributed by atoms with Gasteiger partial charge in [0.2, 0.25) is 0 Å². The number of rotatable bonds is 4. The lowest BCUT2D eigenvalue weighted by atomic mass is 10.4. The van der Waals surface area contributed by atoms with E-state index in [4.69, 9.17) is 0 Å². The van der Waals surface area contributed by atoms with E-state index < -0.39 is 10.0 Å². The van der Waals surface area contributed by atoms with Crippen LogP contribution in [0.2, 0.25) is 0 Å². The van der Waals surface area contributed by atoms with Crippen LogP contribution in [0.15, 0.2) is 11.2 Å². The van der Waals surface area contributed by atoms with Crippen molar-refractivity contribution in [2.45, 2.75) is 11.9 Å². The molecule has 0 aromatic carbocycles. The lowest BCUT2D eigenvalue weighted by Gasteiger charge is -2.33. The molecule has 1 aromatic rings. The largest absolute Gasteiger partial charge is 0.332 e. The summed E-state index contributed by atoms with van der Waals surface area (Å²) in [7, 11) is -3.40. The number of hydrogen-bond acceptors (Lipinski definition) is 4. The van der Waals surface area contributed by atoms with E-state index in [2.05, 4.69) is 30.8 Å². The first kappa shape index (κ1) is 14.0. The summed E-state index contributed by atoms with van der Waals surface area (Å²) < 4.78 is 26.1. The molecule has 1 saturated heterocycles. The van der Waals surface area contributed by atoms with E-state index in [1.807, 2.05) is 0 Å². The van der Waals surface area contributed by atoms with E-state index in [1.54, 1.807) is 6.92 Å². The zero-order valence-electron chi connectivity index (χ0n) is 10.3. The second-order valence-electron chi connectivity index (χ2n) is 4.27. The van der Waals surface area contributed by atoms with Crippen molar-refractivity contribution in [2.24, 2.45) is 0 Å². The minimum Gasteiger partial charge on any atom is -0.332 e. The van der Waals surface area contributed by atoms with E-state index in [0.717, 1.165) is 25.0 Å². The van der Waals surface area contributed by atoms with Gasteiger partial charge in [-0.1, -0.05) is 15.9 Å². The molecule has 1 aliphatic heterocycles. The third-order valence-corrected chi connectivity index (χ3v) is 5.19. The maximum atomic E-state index is 12.3. The first-order valence-corrected chi connectivity index (χ1v) is 8.40. The fourth-order valence-electron chi connectivity index (χ4n) is 1.98. The molecular formula is C10H17BrN4O2S. The van der Waals surface area contributed by atoms with Crippen LogP contribution in [0.3, 0.4) is 0 Å². The molecule has 1 aliphatic rings. The van der Waals surface area contributed by atoms with E-state index >= 15 is 0 Å². The van der Waals surface area contributed by atoms with Crippen LogP contribution in [0.1, 0.15) is 5.82 Å². The van der Waals surface area contributed by atoms with E-state index in [-0.39, 0.29) is 5.03 Å². The van der Waals surface area contributed by atoms with Crippen LogP contribution >= 0.6 is 15.9 Å². The van der Waals surface area contributed by atoms with Gasteiger partial charge in [0, 0.05) is 38.1 Å². The lowest BCUT2D eigenvalue weighted by Crippen LogP contribution is -2.49. The zero-order chi connectivity index (χ0) is 13.2. The maximum absolute atomic E-state index is 12.3. The van der Waals surface area contributed by atoms with Gasteiger partial charge in [-0.05, 0) is 6.92 Å². The Hall–Kier alpha value is -0.440. The Morgan fingerprint density at radius 3 is 2.56 bits per heavy atom. The SMILES string of the molecule is Cc1ncc(S(=O)(=O)N2CCN(CCBr)CC2)[nH]1. The van der Waals surface area contributed by atoms with Gasteiger partial charge in [-0.2, -0.15) is 4.31 Å². The molecular weight excluding hydrogens is 320 g/mol. The number of aryl methyl sites for hydroxylation is 1. The van der Waals surface area contributed by atoms with Crippen LogP contribution in [0.25, 0.3) is 0 Å². The Labute approximate surface area is 116 Å². The molecule has 0 unspecified atom stereocenters. The van der Waals surface area contributed by atoms with Crippen molar-refractivity contribution < 1.29 is 8.42 Å². The van der Waals surface area contributed by atoms with E-state index in [0.29, 0.717) is 18.9 Å². The van der Waals surface area contributed by atoms with Crippen LogP contribution < -0.4 is 0 Å². The third-order valence-electron chi connectivity index (χ3n) is 3.03. The van der Waals surface area contributed by atoms with Gasteiger partial charge >= 0.3 is 0 Å². The van der Waals surface area contributed by atoms with Gasteiger partial charge in [0.05, 0.1) is 6.20 Å². The number of nitrogens with one attached hydrogen (secondary N) is 1. The molecule has 0 aliphatic carbocycles. The number of halogens is 1. The summed E-state index contributed by atoms with van der Waals surface area (Å²) in [6.45, 7) is 5.32. The molecule has 0 atom stereocenters. The normalized spacial score (nSPS) is 19.2. The summed E-state index contributed by atoms with van der Waals surface area (Å²) in [5.41, 5.74) is 0. The molecule has 1 N–H and O–H groups in total. The monoisotopic (exact) mass is 336 g/mol. The zero-order valence-corrected chi connectivity index (χ0v) is 12.7. The number of aromatic amines is 1. The van der Waals surface area contributed by atoms with Crippen molar-refractivity contribution in [2.75, 3.05) is 38.1 Å². The highest BCUT2D eigenvalue weighted by atomic mass is 79.9. The van der Waals surface area contributed by atoms with Crippen LogP contribution in [0.4, 0.5) is 0 Å². The topological polar surface area (TPSA) is 69.3 Å². The molecule has 8 heteroatoms. The highest BCUT2D eigenvalue weighted by Gasteiger charge is 2.29. The van der Waals surface area contributed by atoms with E-state index in [1.165, 1.54) is 10.5 Å². The van der Waals surface area contributed by atoms with Gasteiger partial charge in [-0.15, -0.1) is 0 Å². The van der Waals surface area contributed by atoms with E-state index in [9.17, 15) is 8.42 Å². The Morgan fingerprint density at radius 1 is 1.39 bits per heavy atom. The summed E-state index contributed by atoms with van der Waals surface area (Å²) >= 11 is 3.39. The first-order valence-electron chi connectivity index (χ1n) is 5.84. The summed E-state index contributed by atoms with van der Waals surface area (Å²) in [6, 6.07) is 0. The summed E-state index contributed by atoms with van der Waals surface area (Å²) in [4.78, 5) is 8.98. The Balaban J connectivity index is 2.05. The minimum atomic E-state index is -3.40. The molecule has 102 valence electrons. The number of aromatic nitrogens is 2. The third kappa shape index (κ3) is 2.93. The van der Waals surface area contributed by atoms with Crippen molar-refractivity contribution >= 4 is 26.0 Å². The highest BCUT2D eigenvalue weighted by Crippen LogP contribution is 2.15. The molecule has 1 aromatic heterocycles. The Bertz CT molecular complexity index is 494. The Morgan fingerprint density at radius 2 is 2.06 bits per heavy atom. The quantitative estimate of drug-likeness (QED) is 0.809. The molecule has 1 fully saturated rings. The summed E-state index contributed by atoms with van der Waals surface area (Å²) in [5.74, 6) is 0.617. The van der Waals surface area contributed by atoms with Gasteiger partial charge in [-0.3, -0.25) is 4.90 Å². The average Bonchev–Trinajstić information content (AvgIpc) is 2.78.